The lowest BCUT2D eigenvalue weighted by atomic mass is 9.86. The van der Waals surface area contributed by atoms with Gasteiger partial charge >= 0.3 is 0 Å². The monoisotopic (exact) mass is 470 g/mol. The zero-order chi connectivity index (χ0) is 24.4. The first-order valence-electron chi connectivity index (χ1n) is 11.7. The van der Waals surface area contributed by atoms with E-state index in [0.717, 1.165) is 61.5 Å². The molecule has 1 atom stereocenters. The average molecular weight is 471 g/mol. The lowest BCUT2D eigenvalue weighted by Crippen LogP contribution is -2.24. The van der Waals surface area contributed by atoms with Crippen LogP contribution in [0.4, 0.5) is 5.69 Å². The Morgan fingerprint density at radius 1 is 1.03 bits per heavy atom. The summed E-state index contributed by atoms with van der Waals surface area (Å²) in [6.07, 6.45) is 0. The maximum atomic E-state index is 14.1. The van der Waals surface area contributed by atoms with E-state index in [1.54, 1.807) is 0 Å². The second-order valence-electron chi connectivity index (χ2n) is 9.43. The molecule has 3 aromatic carbocycles. The quantitative estimate of drug-likeness (QED) is 0.310. The van der Waals surface area contributed by atoms with Crippen molar-refractivity contribution >= 4 is 23.4 Å². The number of nitrogens with zero attached hydrogens (tertiary/aromatic N) is 1. The van der Waals surface area contributed by atoms with Crippen molar-refractivity contribution in [3.8, 4) is 11.2 Å². The highest BCUT2D eigenvalue weighted by Gasteiger charge is 2.32. The van der Waals surface area contributed by atoms with Crippen LogP contribution in [0.2, 0.25) is 0 Å². The van der Waals surface area contributed by atoms with Crippen LogP contribution in [0.15, 0.2) is 59.5 Å². The highest BCUT2D eigenvalue weighted by Crippen LogP contribution is 2.41. The van der Waals surface area contributed by atoms with Crippen LogP contribution in [0, 0.1) is 17.6 Å². The summed E-state index contributed by atoms with van der Waals surface area (Å²) in [4.78, 5) is 15.0. The number of carbonyl (C=O) groups excluding carboxylic acids is 1. The molecule has 3 aromatic rings. The number of benzene rings is 3. The van der Waals surface area contributed by atoms with Crippen molar-refractivity contribution in [1.82, 2.24) is 0 Å². The van der Waals surface area contributed by atoms with Gasteiger partial charge in [0, 0.05) is 16.1 Å². The Morgan fingerprint density at radius 3 is 2.35 bits per heavy atom. The highest BCUT2D eigenvalue weighted by molar-refractivity contribution is 8.03. The number of hydrogen-bond donors (Lipinski definition) is 1. The van der Waals surface area contributed by atoms with Gasteiger partial charge in [-0.05, 0) is 71.0 Å². The summed E-state index contributed by atoms with van der Waals surface area (Å²) in [7, 11) is 0. The summed E-state index contributed by atoms with van der Waals surface area (Å²) in [5, 5.41) is 14.7. The number of thioether (sulfide) groups is 1. The van der Waals surface area contributed by atoms with Gasteiger partial charge in [0.05, 0.1) is 5.92 Å². The van der Waals surface area contributed by atoms with Crippen molar-refractivity contribution in [2.75, 3.05) is 5.32 Å². The van der Waals surface area contributed by atoms with Crippen molar-refractivity contribution in [3.05, 3.63) is 88.0 Å². The molecule has 4 nitrogen and oxygen atoms in total. The molecule has 1 heterocycles. The Morgan fingerprint density at radius 2 is 1.71 bits per heavy atom. The maximum Gasteiger partial charge on any atom is 0.236 e. The number of carbonyl (C=O) groups is 1. The second-order valence-corrected chi connectivity index (χ2v) is 10.3. The molecule has 174 valence electrons. The van der Waals surface area contributed by atoms with Crippen LogP contribution in [-0.4, -0.2) is 5.91 Å². The molecule has 0 spiro atoms. The lowest BCUT2D eigenvalue weighted by molar-refractivity contribution is -0.116. The molecule has 0 saturated heterocycles. The smallest absolute Gasteiger partial charge is 0.236 e. The van der Waals surface area contributed by atoms with Gasteiger partial charge in [-0.3, -0.25) is 4.79 Å². The summed E-state index contributed by atoms with van der Waals surface area (Å²) in [6.45, 7) is 10.9. The fourth-order valence-electron chi connectivity index (χ4n) is 4.60. The molecule has 1 aliphatic heterocycles. The van der Waals surface area contributed by atoms with Gasteiger partial charge < -0.3 is 10.1 Å². The van der Waals surface area contributed by atoms with E-state index in [9.17, 15) is 10.1 Å². The number of anilines is 1. The Labute approximate surface area is 206 Å². The minimum atomic E-state index is -0.484. The normalized spacial score (nSPS) is 14.6. The summed E-state index contributed by atoms with van der Waals surface area (Å²) in [6, 6.07) is 18.1. The molecule has 5 heteroatoms. The van der Waals surface area contributed by atoms with Gasteiger partial charge in [-0.15, -0.1) is 0 Å². The lowest BCUT2D eigenvalue weighted by Gasteiger charge is -2.24. The Kier molecular flexibility index (Phi) is 7.00. The van der Waals surface area contributed by atoms with E-state index in [0.29, 0.717) is 6.61 Å². The maximum absolute atomic E-state index is 14.1. The topological polar surface area (TPSA) is 62.1 Å². The van der Waals surface area contributed by atoms with Crippen LogP contribution in [0.5, 0.6) is 5.75 Å². The van der Waals surface area contributed by atoms with Crippen molar-refractivity contribution < 1.29 is 9.53 Å². The number of hydrogen-bond acceptors (Lipinski definition) is 4. The van der Waals surface area contributed by atoms with E-state index in [1.807, 2.05) is 55.5 Å². The summed E-state index contributed by atoms with van der Waals surface area (Å²) in [5.74, 6) is 0.560. The number of nitriles is 1. The average Bonchev–Trinajstić information content (AvgIpc) is 2.96. The van der Waals surface area contributed by atoms with Gasteiger partial charge in [0.15, 0.2) is 0 Å². The molecule has 1 unspecified atom stereocenters. The minimum absolute atomic E-state index is 0.0747. The van der Waals surface area contributed by atoms with Crippen LogP contribution >= 0.6 is 11.8 Å². The number of nitrogens with one attached hydrogen (secondary N) is 1. The molecule has 0 saturated carbocycles. The van der Waals surface area contributed by atoms with Crippen LogP contribution in [0.3, 0.4) is 0 Å². The third-order valence-electron chi connectivity index (χ3n) is 6.32. The van der Waals surface area contributed by atoms with Gasteiger partial charge in [-0.1, -0.05) is 69.7 Å². The van der Waals surface area contributed by atoms with E-state index in [-0.39, 0.29) is 17.7 Å². The number of amides is 1. The molecule has 0 aliphatic carbocycles. The van der Waals surface area contributed by atoms with Gasteiger partial charge in [0.25, 0.3) is 0 Å². The van der Waals surface area contributed by atoms with E-state index in [1.165, 1.54) is 0 Å². The van der Waals surface area contributed by atoms with Crippen molar-refractivity contribution in [2.24, 2.45) is 0 Å². The number of fused-ring (bicyclic) bond motifs is 2. The van der Waals surface area contributed by atoms with E-state index < -0.39 is 5.92 Å². The summed E-state index contributed by atoms with van der Waals surface area (Å²) in [5.41, 5.74) is 6.90. The van der Waals surface area contributed by atoms with E-state index >= 15 is 0 Å². The number of ether oxygens (including phenoxy) is 1. The number of rotatable bonds is 5. The zero-order valence-corrected chi connectivity index (χ0v) is 21.1. The largest absolute Gasteiger partial charge is 0.489 e. The fraction of sp³-hybridized carbons (Fsp3) is 0.310. The molecule has 1 aliphatic rings. The Hall–Kier alpha value is -3.23. The predicted molar refractivity (Wildman–Crippen MR) is 139 cm³/mol. The highest BCUT2D eigenvalue weighted by atomic mass is 32.2. The number of thiocyanates is 1. The van der Waals surface area contributed by atoms with Crippen molar-refractivity contribution in [1.29, 1.82) is 5.26 Å². The predicted octanol–water partition coefficient (Wildman–Crippen LogP) is 7.48. The summed E-state index contributed by atoms with van der Waals surface area (Å²) < 4.78 is 6.11. The second kappa shape index (κ2) is 9.95. The van der Waals surface area contributed by atoms with Crippen LogP contribution in [0.25, 0.3) is 0 Å². The first-order valence-corrected chi connectivity index (χ1v) is 12.5. The van der Waals surface area contributed by atoms with Gasteiger partial charge in [-0.2, -0.15) is 5.26 Å². The SMILES string of the molecule is Cc1ccc2c(c1)C(C(=O)Nc1c(C(C)C)cc(SC#N)cc1C(C)C)c1ccccc1CO2. The minimum Gasteiger partial charge on any atom is -0.489 e. The first kappa shape index (κ1) is 23.9. The van der Waals surface area contributed by atoms with E-state index in [4.69, 9.17) is 4.74 Å². The third-order valence-corrected chi connectivity index (χ3v) is 6.88. The molecule has 0 aromatic heterocycles. The third kappa shape index (κ3) is 4.69. The molecular formula is C29H30N2O2S. The first-order chi connectivity index (χ1) is 16.3. The van der Waals surface area contributed by atoms with Crippen molar-refractivity contribution in [3.63, 3.8) is 0 Å². The van der Waals surface area contributed by atoms with E-state index in [2.05, 4.69) is 44.5 Å². The molecule has 4 rings (SSSR count). The standard InChI is InChI=1S/C29H30N2O2S/c1-17(2)23-13-21(34-16-30)14-24(18(3)4)28(23)31-29(32)27-22-9-7-6-8-20(22)15-33-26-11-10-19(5)12-25(26)27/h6-14,17-18,27H,15H2,1-5H3,(H,31,32). The molecule has 1 amide bonds. The van der Waals surface area contributed by atoms with Crippen LogP contribution < -0.4 is 10.1 Å². The molecule has 0 fully saturated rings. The van der Waals surface area contributed by atoms with Gasteiger partial charge in [-0.25, -0.2) is 0 Å². The molecule has 34 heavy (non-hydrogen) atoms. The molecule has 1 N–H and O–H groups in total. The molecular weight excluding hydrogens is 440 g/mol. The Bertz CT molecular complexity index is 1240. The summed E-state index contributed by atoms with van der Waals surface area (Å²) >= 11 is 1.16. The molecule has 0 radical (unpaired) electrons. The van der Waals surface area contributed by atoms with Crippen molar-refractivity contribution in [2.45, 2.75) is 63.9 Å². The van der Waals surface area contributed by atoms with Gasteiger partial charge in [0.2, 0.25) is 5.91 Å². The fourth-order valence-corrected chi connectivity index (χ4v) is 5.08. The van der Waals surface area contributed by atoms with Gasteiger partial charge in [0.1, 0.15) is 17.8 Å². The molecule has 0 bridgehead atoms. The Balaban J connectivity index is 1.85. The van der Waals surface area contributed by atoms with Crippen LogP contribution in [0.1, 0.15) is 78.8 Å². The number of aryl methyl sites for hydroxylation is 1. The van der Waals surface area contributed by atoms with Crippen LogP contribution in [-0.2, 0) is 11.4 Å². The zero-order valence-electron chi connectivity index (χ0n) is 20.3.